The Morgan fingerprint density at radius 1 is 1.42 bits per heavy atom. The zero-order chi connectivity index (χ0) is 14.4. The van der Waals surface area contributed by atoms with Gasteiger partial charge in [0.15, 0.2) is 0 Å². The number of thiocarbonyl (C=S) groups is 1. The van der Waals surface area contributed by atoms with Crippen LogP contribution >= 0.6 is 35.4 Å². The minimum Gasteiger partial charge on any atom is -0.492 e. The van der Waals surface area contributed by atoms with Gasteiger partial charge in [-0.25, -0.2) is 0 Å². The van der Waals surface area contributed by atoms with Gasteiger partial charge in [0.05, 0.1) is 16.6 Å². The summed E-state index contributed by atoms with van der Waals surface area (Å²) in [5, 5.41) is 1.17. The lowest BCUT2D eigenvalue weighted by Gasteiger charge is -2.16. The molecule has 0 amide bonds. The monoisotopic (exact) mass is 319 g/mol. The molecule has 2 nitrogen and oxygen atoms in total. The van der Waals surface area contributed by atoms with Gasteiger partial charge in [0.25, 0.3) is 0 Å². The van der Waals surface area contributed by atoms with Crippen LogP contribution in [0, 0.1) is 5.92 Å². The molecule has 5 heteroatoms. The van der Waals surface area contributed by atoms with Crippen molar-refractivity contribution >= 4 is 40.4 Å². The fourth-order valence-electron chi connectivity index (χ4n) is 1.92. The summed E-state index contributed by atoms with van der Waals surface area (Å²) in [6, 6.07) is 3.60. The van der Waals surface area contributed by atoms with E-state index in [0.29, 0.717) is 34.0 Å². The molecule has 106 valence electrons. The highest BCUT2D eigenvalue weighted by atomic mass is 35.5. The Morgan fingerprint density at radius 3 is 2.68 bits per heavy atom. The van der Waals surface area contributed by atoms with Crippen molar-refractivity contribution in [2.45, 2.75) is 33.1 Å². The van der Waals surface area contributed by atoms with Crippen molar-refractivity contribution in [2.24, 2.45) is 11.7 Å². The number of ether oxygens (including phenoxy) is 1. The Morgan fingerprint density at radius 2 is 2.11 bits per heavy atom. The van der Waals surface area contributed by atoms with Crippen molar-refractivity contribution in [3.05, 3.63) is 27.7 Å². The first-order valence-electron chi connectivity index (χ1n) is 6.33. The molecule has 0 aromatic heterocycles. The highest BCUT2D eigenvalue weighted by Gasteiger charge is 2.14. The maximum absolute atomic E-state index is 6.20. The zero-order valence-electron chi connectivity index (χ0n) is 11.2. The molecule has 0 saturated heterocycles. The lowest BCUT2D eigenvalue weighted by atomic mass is 9.97. The van der Waals surface area contributed by atoms with Crippen LogP contribution in [0.15, 0.2) is 12.1 Å². The van der Waals surface area contributed by atoms with Crippen LogP contribution in [-0.2, 0) is 6.42 Å². The molecular weight excluding hydrogens is 301 g/mol. The Labute approximate surface area is 130 Å². The molecule has 0 bridgehead atoms. The normalized spacial score (nSPS) is 12.2. The minimum atomic E-state index is 0.330. The summed E-state index contributed by atoms with van der Waals surface area (Å²) in [5.74, 6) is 1.05. The summed E-state index contributed by atoms with van der Waals surface area (Å²) in [6.07, 6.45) is 2.42. The van der Waals surface area contributed by atoms with Crippen LogP contribution < -0.4 is 10.5 Å². The summed E-state index contributed by atoms with van der Waals surface area (Å²) in [6.45, 7) is 4.79. The third kappa shape index (κ3) is 5.55. The van der Waals surface area contributed by atoms with Gasteiger partial charge >= 0.3 is 0 Å². The highest BCUT2D eigenvalue weighted by Crippen LogP contribution is 2.34. The molecule has 19 heavy (non-hydrogen) atoms. The molecule has 2 N–H and O–H groups in total. The topological polar surface area (TPSA) is 35.2 Å². The average Bonchev–Trinajstić information content (AvgIpc) is 2.26. The number of nitrogens with two attached hydrogens (primary N) is 1. The molecule has 1 aromatic rings. The quantitative estimate of drug-likeness (QED) is 0.744. The number of benzene rings is 1. The molecule has 1 atom stereocenters. The van der Waals surface area contributed by atoms with E-state index in [1.54, 1.807) is 6.07 Å². The van der Waals surface area contributed by atoms with Crippen LogP contribution in [0.5, 0.6) is 5.75 Å². The van der Waals surface area contributed by atoms with E-state index >= 15 is 0 Å². The molecule has 1 unspecified atom stereocenters. The standard InChI is InChI=1S/C14H19Cl2NOS/c1-3-4-18-14-10(5-9(2)6-13(17)19)7-11(15)8-12(14)16/h7-9H,3-6H2,1-2H3,(H2,17,19). The molecule has 0 spiro atoms. The largest absolute Gasteiger partial charge is 0.492 e. The van der Waals surface area contributed by atoms with E-state index in [9.17, 15) is 0 Å². The first kappa shape index (κ1) is 16.5. The fourth-order valence-corrected chi connectivity index (χ4v) is 2.80. The van der Waals surface area contributed by atoms with Gasteiger partial charge in [0.1, 0.15) is 5.75 Å². The van der Waals surface area contributed by atoms with E-state index < -0.39 is 0 Å². The van der Waals surface area contributed by atoms with Crippen LogP contribution in [-0.4, -0.2) is 11.6 Å². The van der Waals surface area contributed by atoms with Crippen molar-refractivity contribution in [3.8, 4) is 5.75 Å². The van der Waals surface area contributed by atoms with Crippen molar-refractivity contribution in [1.82, 2.24) is 0 Å². The molecule has 0 aliphatic carbocycles. The Bertz CT molecular complexity index is 451. The summed E-state index contributed by atoms with van der Waals surface area (Å²) < 4.78 is 5.72. The van der Waals surface area contributed by atoms with Gasteiger partial charge in [-0.1, -0.05) is 49.3 Å². The summed E-state index contributed by atoms with van der Waals surface area (Å²) in [5.41, 5.74) is 6.58. The second-order valence-corrected chi connectivity index (χ2v) is 6.07. The van der Waals surface area contributed by atoms with E-state index in [4.69, 9.17) is 45.9 Å². The van der Waals surface area contributed by atoms with Crippen LogP contribution in [0.2, 0.25) is 10.0 Å². The molecule has 0 aliphatic heterocycles. The van der Waals surface area contributed by atoms with Crippen molar-refractivity contribution in [3.63, 3.8) is 0 Å². The van der Waals surface area contributed by atoms with Gasteiger partial charge in [0.2, 0.25) is 0 Å². The lowest BCUT2D eigenvalue weighted by molar-refractivity contribution is 0.313. The van der Waals surface area contributed by atoms with E-state index in [1.165, 1.54) is 0 Å². The van der Waals surface area contributed by atoms with Gasteiger partial charge in [-0.2, -0.15) is 0 Å². The van der Waals surface area contributed by atoms with Gasteiger partial charge in [0, 0.05) is 11.4 Å². The highest BCUT2D eigenvalue weighted by molar-refractivity contribution is 7.80. The number of rotatable bonds is 7. The Kier molecular flexibility index (Phi) is 6.90. The molecule has 1 aromatic carbocycles. The van der Waals surface area contributed by atoms with Gasteiger partial charge < -0.3 is 10.5 Å². The van der Waals surface area contributed by atoms with Crippen LogP contribution in [0.3, 0.4) is 0 Å². The average molecular weight is 320 g/mol. The summed E-state index contributed by atoms with van der Waals surface area (Å²) >= 11 is 17.2. The van der Waals surface area contributed by atoms with E-state index in [-0.39, 0.29) is 0 Å². The second kappa shape index (κ2) is 7.93. The Hall–Kier alpha value is -0.510. The van der Waals surface area contributed by atoms with Gasteiger partial charge in [-0.05, 0) is 36.5 Å². The molecule has 0 heterocycles. The summed E-state index contributed by atoms with van der Waals surface area (Å²) in [4.78, 5) is 0.525. The van der Waals surface area contributed by atoms with Gasteiger partial charge in [-0.15, -0.1) is 0 Å². The van der Waals surface area contributed by atoms with Crippen LogP contribution in [0.4, 0.5) is 0 Å². The van der Waals surface area contributed by atoms with Crippen LogP contribution in [0.25, 0.3) is 0 Å². The molecule has 0 radical (unpaired) electrons. The van der Waals surface area contributed by atoms with E-state index in [0.717, 1.165) is 24.2 Å². The number of hydrogen-bond acceptors (Lipinski definition) is 2. The maximum atomic E-state index is 6.20. The fraction of sp³-hybridized carbons (Fsp3) is 0.500. The van der Waals surface area contributed by atoms with Gasteiger partial charge in [-0.3, -0.25) is 0 Å². The first-order chi connectivity index (χ1) is 8.93. The predicted molar refractivity (Wildman–Crippen MR) is 86.5 cm³/mol. The zero-order valence-corrected chi connectivity index (χ0v) is 13.5. The molecular formula is C14H19Cl2NOS. The predicted octanol–water partition coefficient (Wildman–Crippen LogP) is 4.64. The third-order valence-electron chi connectivity index (χ3n) is 2.65. The maximum Gasteiger partial charge on any atom is 0.141 e. The lowest BCUT2D eigenvalue weighted by Crippen LogP contribution is -2.14. The Balaban J connectivity index is 2.93. The van der Waals surface area contributed by atoms with E-state index in [2.05, 4.69) is 13.8 Å². The number of hydrogen-bond donors (Lipinski definition) is 1. The van der Waals surface area contributed by atoms with E-state index in [1.807, 2.05) is 6.07 Å². The smallest absolute Gasteiger partial charge is 0.141 e. The van der Waals surface area contributed by atoms with Crippen molar-refractivity contribution in [1.29, 1.82) is 0 Å². The number of halogens is 2. The van der Waals surface area contributed by atoms with Crippen molar-refractivity contribution < 1.29 is 4.74 Å². The molecule has 0 aliphatic rings. The SMILES string of the molecule is CCCOc1c(Cl)cc(Cl)cc1CC(C)CC(N)=S. The second-order valence-electron chi connectivity index (χ2n) is 4.70. The van der Waals surface area contributed by atoms with Crippen molar-refractivity contribution in [2.75, 3.05) is 6.61 Å². The van der Waals surface area contributed by atoms with Crippen LogP contribution in [0.1, 0.15) is 32.3 Å². The molecule has 1 rings (SSSR count). The molecule has 0 saturated carbocycles. The summed E-state index contributed by atoms with van der Waals surface area (Å²) in [7, 11) is 0. The molecule has 0 fully saturated rings. The third-order valence-corrected chi connectivity index (χ3v) is 3.32. The minimum absolute atomic E-state index is 0.330. The first-order valence-corrected chi connectivity index (χ1v) is 7.49.